The summed E-state index contributed by atoms with van der Waals surface area (Å²) in [6, 6.07) is 14.3. The molecule has 0 aliphatic carbocycles. The molecular weight excluding hydrogens is 344 g/mol. The molecule has 0 saturated heterocycles. The van der Waals surface area contributed by atoms with Crippen LogP contribution in [0, 0.1) is 0 Å². The molecule has 2 N–H and O–H groups in total. The van der Waals surface area contributed by atoms with Crippen molar-refractivity contribution < 1.29 is 0 Å². The van der Waals surface area contributed by atoms with E-state index in [1.165, 1.54) is 4.88 Å². The van der Waals surface area contributed by atoms with Crippen LogP contribution in [-0.2, 0) is 6.54 Å². The number of nitrogens with zero attached hydrogens (tertiary/aromatic N) is 4. The number of para-hydroxylation sites is 1. The average molecular weight is 369 g/mol. The smallest absolute Gasteiger partial charge is 0.191 e. The first-order chi connectivity index (χ1) is 12.8. The van der Waals surface area contributed by atoms with Crippen LogP contribution in [-0.4, -0.2) is 33.8 Å². The molecule has 3 rings (SSSR count). The molecule has 0 spiro atoms. The second-order valence-electron chi connectivity index (χ2n) is 5.95. The molecule has 1 aromatic carbocycles. The maximum absolute atomic E-state index is 4.67. The number of hydrogen-bond acceptors (Lipinski definition) is 4. The van der Waals surface area contributed by atoms with Crippen molar-refractivity contribution in [3.63, 3.8) is 0 Å². The van der Waals surface area contributed by atoms with Crippen LogP contribution >= 0.6 is 11.3 Å². The lowest BCUT2D eigenvalue weighted by Crippen LogP contribution is -2.39. The fourth-order valence-corrected chi connectivity index (χ4v) is 3.37. The summed E-state index contributed by atoms with van der Waals surface area (Å²) in [7, 11) is 0. The van der Waals surface area contributed by atoms with Gasteiger partial charge in [-0.05, 0) is 30.5 Å². The molecule has 0 aliphatic heterocycles. The third-order valence-electron chi connectivity index (χ3n) is 3.98. The molecule has 0 saturated carbocycles. The molecule has 0 aliphatic rings. The van der Waals surface area contributed by atoms with E-state index in [1.807, 2.05) is 34.9 Å². The minimum atomic E-state index is 0.437. The van der Waals surface area contributed by atoms with E-state index in [9.17, 15) is 0 Å². The van der Waals surface area contributed by atoms with E-state index in [2.05, 4.69) is 57.2 Å². The highest BCUT2D eigenvalue weighted by Gasteiger charge is 2.09. The topological polar surface area (TPSA) is 67.1 Å². The van der Waals surface area contributed by atoms with Gasteiger partial charge in [0.25, 0.3) is 0 Å². The molecule has 1 atom stereocenters. The monoisotopic (exact) mass is 368 g/mol. The predicted octanol–water partition coefficient (Wildman–Crippen LogP) is 3.19. The van der Waals surface area contributed by atoms with Crippen molar-refractivity contribution in [3.8, 4) is 5.69 Å². The Morgan fingerprint density at radius 2 is 2.04 bits per heavy atom. The van der Waals surface area contributed by atoms with E-state index >= 15 is 0 Å². The Kier molecular flexibility index (Phi) is 6.38. The first-order valence-corrected chi connectivity index (χ1v) is 9.65. The maximum atomic E-state index is 4.67. The van der Waals surface area contributed by atoms with Gasteiger partial charge in [0.05, 0.1) is 0 Å². The molecule has 0 amide bonds. The Labute approximate surface area is 158 Å². The van der Waals surface area contributed by atoms with E-state index < -0.39 is 0 Å². The van der Waals surface area contributed by atoms with Gasteiger partial charge in [0.15, 0.2) is 11.8 Å². The van der Waals surface area contributed by atoms with Gasteiger partial charge in [0, 0.05) is 29.6 Å². The summed E-state index contributed by atoms with van der Waals surface area (Å²) >= 11 is 1.79. The molecule has 1 unspecified atom stereocenters. The molecule has 0 radical (unpaired) electrons. The quantitative estimate of drug-likeness (QED) is 0.496. The number of aliphatic imine (C=N–C) groups is 1. The molecule has 6 nitrogen and oxygen atoms in total. The van der Waals surface area contributed by atoms with Crippen molar-refractivity contribution in [2.24, 2.45) is 4.99 Å². The van der Waals surface area contributed by atoms with E-state index in [1.54, 1.807) is 17.7 Å². The number of nitrogens with one attached hydrogen (secondary N) is 2. The van der Waals surface area contributed by atoms with Gasteiger partial charge < -0.3 is 10.6 Å². The molecule has 7 heteroatoms. The minimum absolute atomic E-state index is 0.437. The Morgan fingerprint density at radius 3 is 2.77 bits per heavy atom. The number of aromatic nitrogens is 3. The number of hydrogen-bond donors (Lipinski definition) is 2. The lowest BCUT2D eigenvalue weighted by Gasteiger charge is -2.15. The second kappa shape index (κ2) is 9.15. The molecule has 2 heterocycles. The maximum Gasteiger partial charge on any atom is 0.191 e. The van der Waals surface area contributed by atoms with Crippen LogP contribution in [0.2, 0.25) is 0 Å². The summed E-state index contributed by atoms with van der Waals surface area (Å²) in [4.78, 5) is 6.04. The van der Waals surface area contributed by atoms with Crippen molar-refractivity contribution in [1.29, 1.82) is 0 Å². The van der Waals surface area contributed by atoms with E-state index in [-0.39, 0.29) is 0 Å². The molecule has 136 valence electrons. The van der Waals surface area contributed by atoms with Crippen LogP contribution in [0.4, 0.5) is 0 Å². The summed E-state index contributed by atoms with van der Waals surface area (Å²) in [5, 5.41) is 17.1. The standard InChI is InChI=1S/C19H24N6S/c1-3-20-19(21-12-15(2)17-10-7-11-26-17)22-13-18-24-23-14-25(18)16-8-5-4-6-9-16/h4-11,14-15H,3,12-13H2,1-2H3,(H2,20,21,22). The van der Waals surface area contributed by atoms with Gasteiger partial charge in [0.1, 0.15) is 12.9 Å². The highest BCUT2D eigenvalue weighted by molar-refractivity contribution is 7.10. The second-order valence-corrected chi connectivity index (χ2v) is 6.92. The number of guanidine groups is 1. The predicted molar refractivity (Wildman–Crippen MR) is 107 cm³/mol. The fraction of sp³-hybridized carbons (Fsp3) is 0.316. The van der Waals surface area contributed by atoms with Crippen molar-refractivity contribution in [1.82, 2.24) is 25.4 Å². The van der Waals surface area contributed by atoms with Crippen LogP contribution < -0.4 is 10.6 Å². The largest absolute Gasteiger partial charge is 0.357 e. The first-order valence-electron chi connectivity index (χ1n) is 8.77. The third-order valence-corrected chi connectivity index (χ3v) is 5.08. The molecule has 0 fully saturated rings. The summed E-state index contributed by atoms with van der Waals surface area (Å²) in [6.45, 7) is 6.38. The Hall–Kier alpha value is -2.67. The van der Waals surface area contributed by atoms with Gasteiger partial charge in [-0.3, -0.25) is 4.57 Å². The zero-order chi connectivity index (χ0) is 18.2. The molecular formula is C19H24N6S. The van der Waals surface area contributed by atoms with Crippen LogP contribution in [0.25, 0.3) is 5.69 Å². The van der Waals surface area contributed by atoms with Gasteiger partial charge in [0.2, 0.25) is 0 Å². The normalized spacial score (nSPS) is 12.8. The van der Waals surface area contributed by atoms with Crippen molar-refractivity contribution in [2.75, 3.05) is 13.1 Å². The molecule has 3 aromatic rings. The van der Waals surface area contributed by atoms with Gasteiger partial charge >= 0.3 is 0 Å². The van der Waals surface area contributed by atoms with Gasteiger partial charge in [-0.2, -0.15) is 0 Å². The Balaban J connectivity index is 1.65. The zero-order valence-electron chi connectivity index (χ0n) is 15.1. The number of thiophene rings is 1. The van der Waals surface area contributed by atoms with Crippen LogP contribution in [0.5, 0.6) is 0 Å². The number of rotatable bonds is 7. The first kappa shape index (κ1) is 18.1. The molecule has 26 heavy (non-hydrogen) atoms. The summed E-state index contributed by atoms with van der Waals surface area (Å²) in [5.41, 5.74) is 1.03. The summed E-state index contributed by atoms with van der Waals surface area (Å²) in [5.74, 6) is 2.03. The third kappa shape index (κ3) is 4.70. The Morgan fingerprint density at radius 1 is 1.19 bits per heavy atom. The molecule has 2 aromatic heterocycles. The van der Waals surface area contributed by atoms with Gasteiger partial charge in [-0.25, -0.2) is 4.99 Å². The summed E-state index contributed by atoms with van der Waals surface area (Å²) < 4.78 is 1.96. The lowest BCUT2D eigenvalue weighted by molar-refractivity contribution is 0.706. The lowest BCUT2D eigenvalue weighted by atomic mass is 10.1. The minimum Gasteiger partial charge on any atom is -0.357 e. The van der Waals surface area contributed by atoms with Crippen molar-refractivity contribution in [3.05, 3.63) is 64.9 Å². The molecule has 0 bridgehead atoms. The highest BCUT2D eigenvalue weighted by atomic mass is 32.1. The fourth-order valence-electron chi connectivity index (χ4n) is 2.58. The SMILES string of the molecule is CCNC(=NCc1nncn1-c1ccccc1)NCC(C)c1cccs1. The Bertz CT molecular complexity index is 810. The van der Waals surface area contributed by atoms with Crippen molar-refractivity contribution in [2.45, 2.75) is 26.3 Å². The van der Waals surface area contributed by atoms with E-state index in [0.29, 0.717) is 12.5 Å². The number of benzene rings is 1. The summed E-state index contributed by atoms with van der Waals surface area (Å²) in [6.07, 6.45) is 1.72. The van der Waals surface area contributed by atoms with Gasteiger partial charge in [-0.15, -0.1) is 21.5 Å². The van der Waals surface area contributed by atoms with E-state index in [0.717, 1.165) is 30.6 Å². The average Bonchev–Trinajstić information content (AvgIpc) is 3.36. The van der Waals surface area contributed by atoms with Gasteiger partial charge in [-0.1, -0.05) is 31.2 Å². The van der Waals surface area contributed by atoms with Crippen LogP contribution in [0.1, 0.15) is 30.5 Å². The van der Waals surface area contributed by atoms with Crippen LogP contribution in [0.15, 0.2) is 59.2 Å². The van der Waals surface area contributed by atoms with Crippen molar-refractivity contribution >= 4 is 17.3 Å². The highest BCUT2D eigenvalue weighted by Crippen LogP contribution is 2.19. The van der Waals surface area contributed by atoms with E-state index in [4.69, 9.17) is 0 Å². The van der Waals surface area contributed by atoms with Crippen LogP contribution in [0.3, 0.4) is 0 Å². The zero-order valence-corrected chi connectivity index (χ0v) is 15.9.